The van der Waals surface area contributed by atoms with Gasteiger partial charge in [-0.3, -0.25) is 0 Å². The molecule has 54 valence electrons. The van der Waals surface area contributed by atoms with Crippen molar-refractivity contribution in [3.8, 4) is 0 Å². The SMILES string of the molecule is C=C(C)C(N)c1csnn1. The fourth-order valence-corrected chi connectivity index (χ4v) is 1.05. The van der Waals surface area contributed by atoms with Crippen LogP contribution in [0, 0.1) is 0 Å². The molecule has 0 spiro atoms. The summed E-state index contributed by atoms with van der Waals surface area (Å²) in [7, 11) is 0. The van der Waals surface area contributed by atoms with Gasteiger partial charge in [0.25, 0.3) is 0 Å². The zero-order chi connectivity index (χ0) is 7.56. The largest absolute Gasteiger partial charge is 0.319 e. The highest BCUT2D eigenvalue weighted by atomic mass is 32.1. The lowest BCUT2D eigenvalue weighted by atomic mass is 10.1. The predicted octanol–water partition coefficient (Wildman–Crippen LogP) is 1.11. The maximum atomic E-state index is 5.69. The zero-order valence-electron chi connectivity index (χ0n) is 5.74. The summed E-state index contributed by atoms with van der Waals surface area (Å²) in [5.74, 6) is 0. The molecule has 1 aromatic rings. The predicted molar refractivity (Wildman–Crippen MR) is 41.7 cm³/mol. The minimum atomic E-state index is -0.154. The van der Waals surface area contributed by atoms with Gasteiger partial charge in [-0.1, -0.05) is 16.6 Å². The lowest BCUT2D eigenvalue weighted by Gasteiger charge is -2.04. The van der Waals surface area contributed by atoms with Crippen molar-refractivity contribution in [2.75, 3.05) is 0 Å². The first kappa shape index (κ1) is 7.37. The summed E-state index contributed by atoms with van der Waals surface area (Å²) in [5.41, 5.74) is 7.40. The van der Waals surface area contributed by atoms with E-state index in [1.165, 1.54) is 11.5 Å². The van der Waals surface area contributed by atoms with Crippen LogP contribution < -0.4 is 5.73 Å². The van der Waals surface area contributed by atoms with Gasteiger partial charge >= 0.3 is 0 Å². The number of nitrogens with zero attached hydrogens (tertiary/aromatic N) is 2. The number of nitrogens with two attached hydrogens (primary N) is 1. The van der Waals surface area contributed by atoms with Gasteiger partial charge in [-0.15, -0.1) is 5.10 Å². The molecule has 0 saturated carbocycles. The van der Waals surface area contributed by atoms with Crippen molar-refractivity contribution in [3.05, 3.63) is 23.2 Å². The van der Waals surface area contributed by atoms with Crippen molar-refractivity contribution in [2.24, 2.45) is 5.73 Å². The van der Waals surface area contributed by atoms with Crippen LogP contribution in [0.2, 0.25) is 0 Å². The summed E-state index contributed by atoms with van der Waals surface area (Å²) in [6.07, 6.45) is 0. The minimum Gasteiger partial charge on any atom is -0.319 e. The van der Waals surface area contributed by atoms with Crippen molar-refractivity contribution in [1.82, 2.24) is 9.59 Å². The second kappa shape index (κ2) is 2.90. The fraction of sp³-hybridized carbons (Fsp3) is 0.333. The monoisotopic (exact) mass is 155 g/mol. The molecule has 1 heterocycles. The van der Waals surface area contributed by atoms with E-state index in [9.17, 15) is 0 Å². The van der Waals surface area contributed by atoms with Gasteiger partial charge in [-0.2, -0.15) is 0 Å². The third kappa shape index (κ3) is 1.40. The molecule has 0 fully saturated rings. The maximum absolute atomic E-state index is 5.69. The number of hydrogen-bond acceptors (Lipinski definition) is 4. The van der Waals surface area contributed by atoms with Crippen molar-refractivity contribution >= 4 is 11.5 Å². The molecule has 10 heavy (non-hydrogen) atoms. The Bertz CT molecular complexity index is 217. The third-order valence-corrected chi connectivity index (χ3v) is 1.75. The molecule has 0 amide bonds. The van der Waals surface area contributed by atoms with Gasteiger partial charge in [0.2, 0.25) is 0 Å². The van der Waals surface area contributed by atoms with Crippen LogP contribution in [0.5, 0.6) is 0 Å². The molecule has 0 aliphatic rings. The van der Waals surface area contributed by atoms with Crippen LogP contribution >= 0.6 is 11.5 Å². The van der Waals surface area contributed by atoms with E-state index in [2.05, 4.69) is 16.2 Å². The third-order valence-electron chi connectivity index (χ3n) is 1.23. The molecular weight excluding hydrogens is 146 g/mol. The van der Waals surface area contributed by atoms with E-state index in [-0.39, 0.29) is 6.04 Å². The Kier molecular flexibility index (Phi) is 2.13. The topological polar surface area (TPSA) is 51.8 Å². The molecule has 1 aromatic heterocycles. The van der Waals surface area contributed by atoms with Crippen LogP contribution in [-0.4, -0.2) is 9.59 Å². The quantitative estimate of drug-likeness (QED) is 0.651. The molecule has 1 atom stereocenters. The average molecular weight is 155 g/mol. The lowest BCUT2D eigenvalue weighted by molar-refractivity contribution is 0.802. The summed E-state index contributed by atoms with van der Waals surface area (Å²) >= 11 is 1.30. The molecular formula is C6H9N3S. The second-order valence-corrected chi connectivity index (χ2v) is 2.76. The van der Waals surface area contributed by atoms with E-state index < -0.39 is 0 Å². The molecule has 0 aliphatic heterocycles. The summed E-state index contributed by atoms with van der Waals surface area (Å²) in [4.78, 5) is 0. The van der Waals surface area contributed by atoms with E-state index in [0.29, 0.717) is 0 Å². The highest BCUT2D eigenvalue weighted by Gasteiger charge is 2.07. The van der Waals surface area contributed by atoms with Crippen molar-refractivity contribution in [2.45, 2.75) is 13.0 Å². The van der Waals surface area contributed by atoms with E-state index in [4.69, 9.17) is 5.73 Å². The van der Waals surface area contributed by atoms with Crippen molar-refractivity contribution in [3.63, 3.8) is 0 Å². The van der Waals surface area contributed by atoms with Gasteiger partial charge in [-0.05, 0) is 18.5 Å². The Balaban J connectivity index is 2.77. The minimum absolute atomic E-state index is 0.154. The van der Waals surface area contributed by atoms with Gasteiger partial charge in [-0.25, -0.2) is 0 Å². The van der Waals surface area contributed by atoms with Crippen LogP contribution in [0.15, 0.2) is 17.5 Å². The summed E-state index contributed by atoms with van der Waals surface area (Å²) < 4.78 is 3.70. The molecule has 0 aromatic carbocycles. The standard InChI is InChI=1S/C6H9N3S/c1-4(2)6(7)5-3-10-9-8-5/h3,6H,1,7H2,2H3. The Hall–Kier alpha value is -0.740. The van der Waals surface area contributed by atoms with Crippen molar-refractivity contribution in [1.29, 1.82) is 0 Å². The zero-order valence-corrected chi connectivity index (χ0v) is 6.56. The van der Waals surface area contributed by atoms with E-state index in [1.807, 2.05) is 12.3 Å². The van der Waals surface area contributed by atoms with Crippen LogP contribution in [0.3, 0.4) is 0 Å². The van der Waals surface area contributed by atoms with Gasteiger partial charge in [0.05, 0.1) is 11.7 Å². The first-order valence-electron chi connectivity index (χ1n) is 2.89. The Morgan fingerprint density at radius 3 is 3.00 bits per heavy atom. The van der Waals surface area contributed by atoms with Gasteiger partial charge in [0.15, 0.2) is 0 Å². The summed E-state index contributed by atoms with van der Waals surface area (Å²) in [5, 5.41) is 5.65. The Morgan fingerprint density at radius 2 is 2.60 bits per heavy atom. The smallest absolute Gasteiger partial charge is 0.0964 e. The molecule has 0 bridgehead atoms. The first-order chi connectivity index (χ1) is 4.72. The van der Waals surface area contributed by atoms with Crippen LogP contribution in [0.4, 0.5) is 0 Å². The molecule has 0 aliphatic carbocycles. The first-order valence-corrected chi connectivity index (χ1v) is 3.73. The van der Waals surface area contributed by atoms with E-state index >= 15 is 0 Å². The lowest BCUT2D eigenvalue weighted by Crippen LogP contribution is -2.11. The van der Waals surface area contributed by atoms with Gasteiger partial charge in [0.1, 0.15) is 0 Å². The Labute approximate surface area is 63.7 Å². The number of rotatable bonds is 2. The Morgan fingerprint density at radius 1 is 1.90 bits per heavy atom. The molecule has 1 unspecified atom stereocenters. The molecule has 3 nitrogen and oxygen atoms in total. The molecule has 2 N–H and O–H groups in total. The van der Waals surface area contributed by atoms with Crippen molar-refractivity contribution < 1.29 is 0 Å². The van der Waals surface area contributed by atoms with Gasteiger partial charge in [0, 0.05) is 5.38 Å². The van der Waals surface area contributed by atoms with Gasteiger partial charge < -0.3 is 5.73 Å². The molecule has 0 radical (unpaired) electrons. The normalized spacial score (nSPS) is 13.0. The average Bonchev–Trinajstić information content (AvgIpc) is 2.36. The van der Waals surface area contributed by atoms with Crippen LogP contribution in [0.1, 0.15) is 18.7 Å². The fourth-order valence-electron chi connectivity index (χ4n) is 0.560. The highest BCUT2D eigenvalue weighted by molar-refractivity contribution is 7.03. The second-order valence-electron chi connectivity index (χ2n) is 2.15. The summed E-state index contributed by atoms with van der Waals surface area (Å²) in [6.45, 7) is 5.60. The number of aromatic nitrogens is 2. The van der Waals surface area contributed by atoms with E-state index in [0.717, 1.165) is 11.3 Å². The summed E-state index contributed by atoms with van der Waals surface area (Å²) in [6, 6.07) is -0.154. The number of hydrogen-bond donors (Lipinski definition) is 1. The van der Waals surface area contributed by atoms with Crippen LogP contribution in [0.25, 0.3) is 0 Å². The maximum Gasteiger partial charge on any atom is 0.0964 e. The van der Waals surface area contributed by atoms with E-state index in [1.54, 1.807) is 0 Å². The molecule has 1 rings (SSSR count). The van der Waals surface area contributed by atoms with Crippen LogP contribution in [-0.2, 0) is 0 Å². The molecule has 4 heteroatoms. The highest BCUT2D eigenvalue weighted by Crippen LogP contribution is 2.14. The molecule has 0 saturated heterocycles.